The number of benzene rings is 2. The molecule has 1 spiro atoms. The van der Waals surface area contributed by atoms with Crippen LogP contribution < -0.4 is 10.1 Å². The summed E-state index contributed by atoms with van der Waals surface area (Å²) in [5.74, 6) is 0.924. The number of rotatable bonds is 5. The largest absolute Gasteiger partial charge is 0.487 e. The second-order valence-electron chi connectivity index (χ2n) is 9.45. The highest BCUT2D eigenvalue weighted by Crippen LogP contribution is 2.46. The SMILES string of the molecule is O=C(CC1CC2(CCN(C(=O)c3ccccc3F)CC2)Oc2ccccc21)NCC1CC1. The van der Waals surface area contributed by atoms with Crippen molar-refractivity contribution in [1.29, 1.82) is 0 Å². The van der Waals surface area contributed by atoms with E-state index < -0.39 is 11.4 Å². The standard InChI is InChI=1S/C26H29FN2O3/c27-22-7-3-1-6-21(22)25(31)29-13-11-26(12-14-29)16-19(15-24(30)28-17-18-9-10-18)20-5-2-4-8-23(20)32-26/h1-8,18-19H,9-17H2,(H,28,30). The van der Waals surface area contributed by atoms with Crippen LogP contribution in [0.25, 0.3) is 0 Å². The summed E-state index contributed by atoms with van der Waals surface area (Å²) in [4.78, 5) is 27.2. The molecule has 0 aromatic heterocycles. The van der Waals surface area contributed by atoms with Gasteiger partial charge in [-0.3, -0.25) is 9.59 Å². The van der Waals surface area contributed by atoms with Crippen LogP contribution in [0.1, 0.15) is 60.4 Å². The van der Waals surface area contributed by atoms with Crippen LogP contribution in [0.4, 0.5) is 4.39 Å². The third-order valence-corrected chi connectivity index (χ3v) is 7.09. The highest BCUT2D eigenvalue weighted by atomic mass is 19.1. The summed E-state index contributed by atoms with van der Waals surface area (Å²) < 4.78 is 20.6. The third-order valence-electron chi connectivity index (χ3n) is 7.09. The fourth-order valence-corrected chi connectivity index (χ4v) is 5.03. The summed E-state index contributed by atoms with van der Waals surface area (Å²) in [6.45, 7) is 1.80. The predicted molar refractivity (Wildman–Crippen MR) is 119 cm³/mol. The molecule has 1 unspecified atom stereocenters. The molecule has 32 heavy (non-hydrogen) atoms. The topological polar surface area (TPSA) is 58.6 Å². The monoisotopic (exact) mass is 436 g/mol. The van der Waals surface area contributed by atoms with E-state index in [4.69, 9.17) is 4.74 Å². The lowest BCUT2D eigenvalue weighted by Gasteiger charge is -2.47. The van der Waals surface area contributed by atoms with E-state index in [1.807, 2.05) is 18.2 Å². The molecule has 2 fully saturated rings. The van der Waals surface area contributed by atoms with E-state index in [1.165, 1.54) is 25.0 Å². The Kier molecular flexibility index (Phi) is 5.62. The molecule has 5 nitrogen and oxygen atoms in total. The van der Waals surface area contributed by atoms with Crippen molar-refractivity contribution in [3.8, 4) is 5.75 Å². The average molecular weight is 437 g/mol. The molecule has 1 aliphatic carbocycles. The number of amides is 2. The fraction of sp³-hybridized carbons (Fsp3) is 0.462. The molecule has 2 heterocycles. The number of halogens is 1. The molecule has 0 radical (unpaired) electrons. The Bertz CT molecular complexity index is 1010. The van der Waals surface area contributed by atoms with Crippen LogP contribution in [-0.4, -0.2) is 41.9 Å². The third kappa shape index (κ3) is 4.36. The minimum Gasteiger partial charge on any atom is -0.487 e. The number of ether oxygens (including phenoxy) is 1. The Hall–Kier alpha value is -2.89. The summed E-state index contributed by atoms with van der Waals surface area (Å²) >= 11 is 0. The number of hydrogen-bond donors (Lipinski definition) is 1. The number of hydrogen-bond acceptors (Lipinski definition) is 3. The van der Waals surface area contributed by atoms with Crippen molar-refractivity contribution in [1.82, 2.24) is 10.2 Å². The molecule has 2 aromatic rings. The number of para-hydroxylation sites is 1. The Labute approximate surface area is 187 Å². The van der Waals surface area contributed by atoms with E-state index >= 15 is 0 Å². The number of likely N-dealkylation sites (tertiary alicyclic amines) is 1. The van der Waals surface area contributed by atoms with Gasteiger partial charge < -0.3 is 15.0 Å². The van der Waals surface area contributed by atoms with Gasteiger partial charge in [-0.25, -0.2) is 4.39 Å². The van der Waals surface area contributed by atoms with Gasteiger partial charge in [0.2, 0.25) is 5.91 Å². The number of carbonyl (C=O) groups is 2. The first kappa shape index (κ1) is 21.0. The Morgan fingerprint density at radius 1 is 1.06 bits per heavy atom. The van der Waals surface area contributed by atoms with Gasteiger partial charge in [0.25, 0.3) is 5.91 Å². The second kappa shape index (κ2) is 8.57. The van der Waals surface area contributed by atoms with E-state index in [2.05, 4.69) is 11.4 Å². The number of nitrogens with zero attached hydrogens (tertiary/aromatic N) is 1. The van der Waals surface area contributed by atoms with Crippen molar-refractivity contribution in [3.05, 3.63) is 65.5 Å². The van der Waals surface area contributed by atoms with Crippen LogP contribution in [0.15, 0.2) is 48.5 Å². The zero-order valence-electron chi connectivity index (χ0n) is 18.2. The summed E-state index contributed by atoms with van der Waals surface area (Å²) in [6, 6.07) is 14.1. The quantitative estimate of drug-likeness (QED) is 0.761. The molecule has 1 saturated heterocycles. The number of nitrogens with one attached hydrogen (secondary N) is 1. The van der Waals surface area contributed by atoms with E-state index in [-0.39, 0.29) is 23.3 Å². The minimum atomic E-state index is -0.488. The first-order valence-electron chi connectivity index (χ1n) is 11.6. The molecule has 6 heteroatoms. The molecule has 1 N–H and O–H groups in total. The molecular weight excluding hydrogens is 407 g/mol. The lowest BCUT2D eigenvalue weighted by molar-refractivity contribution is -0.122. The fourth-order valence-electron chi connectivity index (χ4n) is 5.03. The van der Waals surface area contributed by atoms with Gasteiger partial charge in [0.15, 0.2) is 0 Å². The molecule has 1 atom stereocenters. The molecule has 0 bridgehead atoms. The van der Waals surface area contributed by atoms with Crippen molar-refractivity contribution >= 4 is 11.8 Å². The lowest BCUT2D eigenvalue weighted by atomic mass is 9.76. The van der Waals surface area contributed by atoms with Crippen LogP contribution in [0.5, 0.6) is 5.75 Å². The summed E-state index contributed by atoms with van der Waals surface area (Å²) in [5, 5.41) is 3.09. The van der Waals surface area contributed by atoms with Crippen molar-refractivity contribution in [2.75, 3.05) is 19.6 Å². The van der Waals surface area contributed by atoms with Crippen molar-refractivity contribution in [3.63, 3.8) is 0 Å². The van der Waals surface area contributed by atoms with Crippen LogP contribution in [0, 0.1) is 11.7 Å². The average Bonchev–Trinajstić information content (AvgIpc) is 3.63. The van der Waals surface area contributed by atoms with Gasteiger partial charge >= 0.3 is 0 Å². The first-order chi connectivity index (χ1) is 15.5. The van der Waals surface area contributed by atoms with Gasteiger partial charge in [-0.1, -0.05) is 30.3 Å². The predicted octanol–water partition coefficient (Wildman–Crippen LogP) is 4.28. The molecule has 168 valence electrons. The van der Waals surface area contributed by atoms with Crippen LogP contribution in [0.3, 0.4) is 0 Å². The van der Waals surface area contributed by atoms with Gasteiger partial charge in [0.05, 0.1) is 5.56 Å². The number of fused-ring (bicyclic) bond motifs is 1. The lowest BCUT2D eigenvalue weighted by Crippen LogP contribution is -2.52. The van der Waals surface area contributed by atoms with Gasteiger partial charge in [-0.05, 0) is 48.9 Å². The minimum absolute atomic E-state index is 0.0907. The van der Waals surface area contributed by atoms with Crippen LogP contribution in [0.2, 0.25) is 0 Å². The molecule has 1 saturated carbocycles. The summed E-state index contributed by atoms with van der Waals surface area (Å²) in [5.41, 5.74) is 0.801. The summed E-state index contributed by atoms with van der Waals surface area (Å²) in [7, 11) is 0. The first-order valence-corrected chi connectivity index (χ1v) is 11.6. The van der Waals surface area contributed by atoms with E-state index in [0.717, 1.165) is 24.3 Å². The maximum absolute atomic E-state index is 14.1. The Morgan fingerprint density at radius 2 is 1.78 bits per heavy atom. The number of piperidine rings is 1. The summed E-state index contributed by atoms with van der Waals surface area (Å²) in [6.07, 6.45) is 4.97. The molecule has 3 aliphatic rings. The van der Waals surface area contributed by atoms with Gasteiger partial charge in [0, 0.05) is 44.8 Å². The second-order valence-corrected chi connectivity index (χ2v) is 9.45. The van der Waals surface area contributed by atoms with Crippen molar-refractivity contribution in [2.45, 2.75) is 50.0 Å². The molecular formula is C26H29FN2O3. The zero-order valence-corrected chi connectivity index (χ0v) is 18.2. The van der Waals surface area contributed by atoms with Crippen LogP contribution in [-0.2, 0) is 4.79 Å². The molecule has 5 rings (SSSR count). The normalized spacial score (nSPS) is 21.5. The van der Waals surface area contributed by atoms with Gasteiger partial charge in [0.1, 0.15) is 17.2 Å². The Morgan fingerprint density at radius 3 is 2.53 bits per heavy atom. The van der Waals surface area contributed by atoms with Crippen molar-refractivity contribution in [2.24, 2.45) is 5.92 Å². The van der Waals surface area contributed by atoms with Gasteiger partial charge in [-0.2, -0.15) is 0 Å². The maximum atomic E-state index is 14.1. The van der Waals surface area contributed by atoms with Crippen LogP contribution >= 0.6 is 0 Å². The smallest absolute Gasteiger partial charge is 0.256 e. The van der Waals surface area contributed by atoms with E-state index in [9.17, 15) is 14.0 Å². The zero-order chi connectivity index (χ0) is 22.1. The number of carbonyl (C=O) groups excluding carboxylic acids is 2. The maximum Gasteiger partial charge on any atom is 0.256 e. The Balaban J connectivity index is 1.28. The molecule has 2 aliphatic heterocycles. The van der Waals surface area contributed by atoms with E-state index in [1.54, 1.807) is 17.0 Å². The molecule has 2 aromatic carbocycles. The van der Waals surface area contributed by atoms with E-state index in [0.29, 0.717) is 38.3 Å². The van der Waals surface area contributed by atoms with Crippen molar-refractivity contribution < 1.29 is 18.7 Å². The highest BCUT2D eigenvalue weighted by Gasteiger charge is 2.44. The molecule has 2 amide bonds. The van der Waals surface area contributed by atoms with Gasteiger partial charge in [-0.15, -0.1) is 0 Å². The highest BCUT2D eigenvalue weighted by molar-refractivity contribution is 5.94.